The molecule has 0 aliphatic heterocycles. The van der Waals surface area contributed by atoms with Gasteiger partial charge in [-0.2, -0.15) is 5.26 Å². The van der Waals surface area contributed by atoms with Gasteiger partial charge >= 0.3 is 0 Å². The van der Waals surface area contributed by atoms with Crippen molar-refractivity contribution in [1.82, 2.24) is 19.7 Å². The maximum Gasteiger partial charge on any atom is 0.253 e. The second-order valence-corrected chi connectivity index (χ2v) is 8.04. The number of rotatable bonds is 3. The summed E-state index contributed by atoms with van der Waals surface area (Å²) < 4.78 is 1.81. The van der Waals surface area contributed by atoms with Crippen LogP contribution in [0.1, 0.15) is 34.3 Å². The normalized spacial score (nSPS) is 28.0. The van der Waals surface area contributed by atoms with Gasteiger partial charge in [-0.15, -0.1) is 0 Å². The third-order valence-corrected chi connectivity index (χ3v) is 6.10. The van der Waals surface area contributed by atoms with Crippen LogP contribution in [0.5, 0.6) is 0 Å². The van der Waals surface area contributed by atoms with Gasteiger partial charge in [0.2, 0.25) is 0 Å². The predicted molar refractivity (Wildman–Crippen MR) is 101 cm³/mol. The molecule has 2 N–H and O–H groups in total. The van der Waals surface area contributed by atoms with Crippen molar-refractivity contribution in [2.45, 2.75) is 24.5 Å². The standard InChI is InChI=1S/C20H16ClN5O2/c21-13-2-16(17-8-24-10-26(17)9-13)20(28)3-14-15(4-20)18(14)25-19(27)12-1-11(5-22)6-23-7-12/h1-2,6-10,14-15,18,28H,3-4H2,(H,25,27). The Morgan fingerprint density at radius 2 is 2.07 bits per heavy atom. The van der Waals surface area contributed by atoms with E-state index >= 15 is 0 Å². The Labute approximate surface area is 165 Å². The van der Waals surface area contributed by atoms with Gasteiger partial charge in [-0.05, 0) is 36.8 Å². The molecule has 2 fully saturated rings. The first-order chi connectivity index (χ1) is 13.5. The van der Waals surface area contributed by atoms with E-state index in [4.69, 9.17) is 16.9 Å². The number of nitriles is 1. The molecule has 1 amide bonds. The Bertz CT molecular complexity index is 1140. The minimum Gasteiger partial charge on any atom is -0.385 e. The number of halogens is 1. The highest BCUT2D eigenvalue weighted by molar-refractivity contribution is 6.30. The zero-order valence-electron chi connectivity index (χ0n) is 14.7. The van der Waals surface area contributed by atoms with E-state index in [2.05, 4.69) is 15.3 Å². The van der Waals surface area contributed by atoms with Crippen molar-refractivity contribution < 1.29 is 9.90 Å². The van der Waals surface area contributed by atoms with Gasteiger partial charge in [0, 0.05) is 30.2 Å². The number of imidazole rings is 1. The Hall–Kier alpha value is -2.95. The number of carbonyl (C=O) groups is 1. The number of fused-ring (bicyclic) bond motifs is 2. The van der Waals surface area contributed by atoms with Gasteiger partial charge in [0.05, 0.1) is 39.8 Å². The smallest absolute Gasteiger partial charge is 0.253 e. The third-order valence-electron chi connectivity index (χ3n) is 5.89. The van der Waals surface area contributed by atoms with E-state index in [9.17, 15) is 9.90 Å². The van der Waals surface area contributed by atoms with Crippen molar-refractivity contribution in [1.29, 1.82) is 5.26 Å². The molecule has 8 heteroatoms. The van der Waals surface area contributed by atoms with Gasteiger partial charge in [-0.1, -0.05) is 11.6 Å². The molecular formula is C20H16ClN5O2. The Morgan fingerprint density at radius 3 is 2.82 bits per heavy atom. The van der Waals surface area contributed by atoms with E-state index in [0.717, 1.165) is 11.1 Å². The van der Waals surface area contributed by atoms with Crippen molar-refractivity contribution in [3.05, 3.63) is 65.0 Å². The molecule has 0 radical (unpaired) electrons. The highest BCUT2D eigenvalue weighted by Crippen LogP contribution is 2.60. The minimum absolute atomic E-state index is 0.0265. The molecule has 28 heavy (non-hydrogen) atoms. The van der Waals surface area contributed by atoms with Crippen LogP contribution in [-0.4, -0.2) is 31.4 Å². The first-order valence-electron chi connectivity index (χ1n) is 8.98. The van der Waals surface area contributed by atoms with E-state index in [0.29, 0.717) is 29.0 Å². The Morgan fingerprint density at radius 1 is 1.29 bits per heavy atom. The number of amides is 1. The number of hydrogen-bond acceptors (Lipinski definition) is 5. The fourth-order valence-corrected chi connectivity index (χ4v) is 4.74. The fourth-order valence-electron chi connectivity index (χ4n) is 4.53. The van der Waals surface area contributed by atoms with Gasteiger partial charge in [-0.25, -0.2) is 4.98 Å². The zero-order chi connectivity index (χ0) is 19.5. The Kier molecular flexibility index (Phi) is 3.69. The summed E-state index contributed by atoms with van der Waals surface area (Å²) >= 11 is 6.21. The molecule has 0 aromatic carbocycles. The summed E-state index contributed by atoms with van der Waals surface area (Å²) in [5.74, 6) is 0.180. The topological polar surface area (TPSA) is 103 Å². The van der Waals surface area contributed by atoms with Crippen molar-refractivity contribution in [3.63, 3.8) is 0 Å². The second-order valence-electron chi connectivity index (χ2n) is 7.60. The molecule has 3 aromatic heterocycles. The lowest BCUT2D eigenvalue weighted by Gasteiger charge is -2.27. The van der Waals surface area contributed by atoms with Gasteiger partial charge in [-0.3, -0.25) is 9.78 Å². The molecule has 2 aliphatic carbocycles. The average molecular weight is 394 g/mol. The maximum absolute atomic E-state index is 12.5. The highest BCUT2D eigenvalue weighted by atomic mass is 35.5. The molecule has 0 saturated heterocycles. The van der Waals surface area contributed by atoms with Crippen LogP contribution in [0.15, 0.2) is 43.2 Å². The minimum atomic E-state index is -0.981. The molecule has 7 nitrogen and oxygen atoms in total. The summed E-state index contributed by atoms with van der Waals surface area (Å²) in [6.07, 6.45) is 9.13. The predicted octanol–water partition coefficient (Wildman–Crippen LogP) is 2.28. The van der Waals surface area contributed by atoms with Crippen molar-refractivity contribution >= 4 is 23.0 Å². The summed E-state index contributed by atoms with van der Waals surface area (Å²) in [4.78, 5) is 20.5. The maximum atomic E-state index is 12.5. The molecule has 0 bridgehead atoms. The molecule has 5 rings (SSSR count). The van der Waals surface area contributed by atoms with Crippen molar-refractivity contribution in [2.75, 3.05) is 0 Å². The number of pyridine rings is 2. The first-order valence-corrected chi connectivity index (χ1v) is 9.36. The van der Waals surface area contributed by atoms with Crippen LogP contribution in [0.25, 0.3) is 5.52 Å². The molecule has 2 saturated carbocycles. The molecule has 3 aromatic rings. The lowest BCUT2D eigenvalue weighted by molar-refractivity contribution is 0.0289. The monoisotopic (exact) mass is 393 g/mol. The van der Waals surface area contributed by atoms with Gasteiger partial charge < -0.3 is 14.8 Å². The summed E-state index contributed by atoms with van der Waals surface area (Å²) in [5, 5.41) is 23.8. The number of hydrogen-bond donors (Lipinski definition) is 2. The average Bonchev–Trinajstić information content (AvgIpc) is 3.06. The van der Waals surface area contributed by atoms with Gasteiger partial charge in [0.25, 0.3) is 5.91 Å². The Balaban J connectivity index is 1.32. The van der Waals surface area contributed by atoms with E-state index in [1.54, 1.807) is 24.8 Å². The van der Waals surface area contributed by atoms with Crippen LogP contribution < -0.4 is 5.32 Å². The number of aromatic nitrogens is 3. The first kappa shape index (κ1) is 17.2. The van der Waals surface area contributed by atoms with Crippen LogP contribution in [0, 0.1) is 23.2 Å². The number of nitrogens with one attached hydrogen (secondary N) is 1. The molecule has 140 valence electrons. The van der Waals surface area contributed by atoms with E-state index in [-0.39, 0.29) is 23.8 Å². The molecule has 2 unspecified atom stereocenters. The zero-order valence-corrected chi connectivity index (χ0v) is 15.5. The van der Waals surface area contributed by atoms with Crippen LogP contribution in [0.4, 0.5) is 0 Å². The largest absolute Gasteiger partial charge is 0.385 e. The van der Waals surface area contributed by atoms with E-state index in [1.807, 2.05) is 10.5 Å². The lowest BCUT2D eigenvalue weighted by Crippen LogP contribution is -2.33. The molecular weight excluding hydrogens is 378 g/mol. The quantitative estimate of drug-likeness (QED) is 0.710. The SMILES string of the molecule is N#Cc1cncc(C(=O)NC2C3CC(O)(c4cc(Cl)cn5cncc45)CC32)c1. The summed E-state index contributed by atoms with van der Waals surface area (Å²) in [7, 11) is 0. The van der Waals surface area contributed by atoms with Crippen LogP contribution >= 0.6 is 11.6 Å². The third kappa shape index (κ3) is 2.65. The van der Waals surface area contributed by atoms with E-state index < -0.39 is 5.60 Å². The summed E-state index contributed by atoms with van der Waals surface area (Å²) in [6, 6.07) is 5.34. The lowest BCUT2D eigenvalue weighted by atomic mass is 9.88. The van der Waals surface area contributed by atoms with E-state index in [1.165, 1.54) is 18.5 Å². The number of aliphatic hydroxyl groups is 1. The van der Waals surface area contributed by atoms with Gasteiger partial charge in [0.15, 0.2) is 0 Å². The van der Waals surface area contributed by atoms with Crippen molar-refractivity contribution in [3.8, 4) is 6.07 Å². The fraction of sp³-hybridized carbons (Fsp3) is 0.300. The molecule has 2 atom stereocenters. The highest BCUT2D eigenvalue weighted by Gasteiger charge is 2.62. The van der Waals surface area contributed by atoms with Gasteiger partial charge in [0.1, 0.15) is 6.07 Å². The summed E-state index contributed by atoms with van der Waals surface area (Å²) in [6.45, 7) is 0. The van der Waals surface area contributed by atoms with Crippen molar-refractivity contribution in [2.24, 2.45) is 11.8 Å². The summed E-state index contributed by atoms with van der Waals surface area (Å²) in [5.41, 5.74) is 1.36. The number of nitrogens with zero attached hydrogens (tertiary/aromatic N) is 4. The van der Waals surface area contributed by atoms with Crippen LogP contribution in [-0.2, 0) is 5.60 Å². The molecule has 0 spiro atoms. The molecule has 3 heterocycles. The second kappa shape index (κ2) is 6.03. The number of carbonyl (C=O) groups excluding carboxylic acids is 1. The molecule has 2 aliphatic rings. The van der Waals surface area contributed by atoms with Crippen LogP contribution in [0.3, 0.4) is 0 Å². The van der Waals surface area contributed by atoms with Crippen LogP contribution in [0.2, 0.25) is 5.02 Å².